The second-order valence-corrected chi connectivity index (χ2v) is 17.4. The minimum atomic E-state index is 0.853. The highest BCUT2D eigenvalue weighted by atomic mass is 16.3. The number of aryl methyl sites for hydroxylation is 8. The largest absolute Gasteiger partial charge is 0.456 e. The molecular formula is C58H48N2O2. The van der Waals surface area contributed by atoms with E-state index in [9.17, 15) is 0 Å². The van der Waals surface area contributed by atoms with E-state index in [1.807, 2.05) is 0 Å². The highest BCUT2D eigenvalue weighted by molar-refractivity contribution is 6.18. The molecule has 0 saturated carbocycles. The molecule has 0 N–H and O–H groups in total. The lowest BCUT2D eigenvalue weighted by atomic mass is 10.00. The van der Waals surface area contributed by atoms with Crippen molar-refractivity contribution in [2.45, 2.75) is 55.4 Å². The fraction of sp³-hybridized carbons (Fsp3) is 0.138. The van der Waals surface area contributed by atoms with Crippen LogP contribution in [-0.2, 0) is 0 Å². The van der Waals surface area contributed by atoms with Crippen LogP contribution in [0.2, 0.25) is 0 Å². The van der Waals surface area contributed by atoms with Crippen LogP contribution in [0.1, 0.15) is 44.5 Å². The van der Waals surface area contributed by atoms with Crippen molar-refractivity contribution in [3.63, 3.8) is 0 Å². The predicted octanol–water partition coefficient (Wildman–Crippen LogP) is 17.2. The van der Waals surface area contributed by atoms with Crippen molar-refractivity contribution in [1.82, 2.24) is 0 Å². The number of benzene rings is 9. The summed E-state index contributed by atoms with van der Waals surface area (Å²) < 4.78 is 13.4. The molecule has 2 heterocycles. The van der Waals surface area contributed by atoms with E-state index in [1.165, 1.54) is 67.3 Å². The highest BCUT2D eigenvalue weighted by Gasteiger charge is 2.23. The lowest BCUT2D eigenvalue weighted by molar-refractivity contribution is 0.664. The summed E-state index contributed by atoms with van der Waals surface area (Å²) in [5.74, 6) is 0. The Morgan fingerprint density at radius 3 is 0.855 bits per heavy atom. The van der Waals surface area contributed by atoms with Crippen LogP contribution in [0.4, 0.5) is 34.1 Å². The van der Waals surface area contributed by atoms with Gasteiger partial charge >= 0.3 is 0 Å². The summed E-state index contributed by atoms with van der Waals surface area (Å²) >= 11 is 0. The van der Waals surface area contributed by atoms with Gasteiger partial charge in [-0.3, -0.25) is 0 Å². The summed E-state index contributed by atoms with van der Waals surface area (Å²) in [6.07, 6.45) is 0. The monoisotopic (exact) mass is 804 g/mol. The molecule has 0 atom stereocenters. The first-order chi connectivity index (χ1) is 30.0. The van der Waals surface area contributed by atoms with Crippen LogP contribution in [0.5, 0.6) is 0 Å². The van der Waals surface area contributed by atoms with Gasteiger partial charge < -0.3 is 18.6 Å². The van der Waals surface area contributed by atoms with Crippen LogP contribution in [0.25, 0.3) is 65.4 Å². The number of hydrogen-bond acceptors (Lipinski definition) is 4. The minimum absolute atomic E-state index is 0.853. The van der Waals surface area contributed by atoms with E-state index in [0.29, 0.717) is 0 Å². The van der Waals surface area contributed by atoms with Gasteiger partial charge in [-0.15, -0.1) is 0 Å². The third kappa shape index (κ3) is 5.89. The fourth-order valence-electron chi connectivity index (χ4n) is 10.2. The lowest BCUT2D eigenvalue weighted by Gasteiger charge is -2.31. The van der Waals surface area contributed by atoms with Gasteiger partial charge in [-0.1, -0.05) is 84.9 Å². The van der Waals surface area contributed by atoms with Gasteiger partial charge in [0.25, 0.3) is 0 Å². The zero-order chi connectivity index (χ0) is 42.6. The van der Waals surface area contributed by atoms with Crippen LogP contribution >= 0.6 is 0 Å². The van der Waals surface area contributed by atoms with E-state index in [0.717, 1.165) is 76.8 Å². The van der Waals surface area contributed by atoms with Crippen molar-refractivity contribution < 1.29 is 8.83 Å². The molecule has 11 aromatic rings. The topological polar surface area (TPSA) is 32.8 Å². The van der Waals surface area contributed by atoms with Gasteiger partial charge in [-0.2, -0.15) is 0 Å². The molecule has 302 valence electrons. The lowest BCUT2D eigenvalue weighted by Crippen LogP contribution is -2.15. The normalized spacial score (nSPS) is 11.9. The molecule has 11 rings (SSSR count). The molecular weight excluding hydrogens is 757 g/mol. The maximum absolute atomic E-state index is 6.72. The molecule has 0 aliphatic heterocycles. The Morgan fingerprint density at radius 1 is 0.274 bits per heavy atom. The van der Waals surface area contributed by atoms with Gasteiger partial charge in [0.05, 0.1) is 22.7 Å². The Hall–Kier alpha value is -7.30. The van der Waals surface area contributed by atoms with Crippen molar-refractivity contribution in [3.05, 3.63) is 190 Å². The van der Waals surface area contributed by atoms with E-state index in [2.05, 4.69) is 211 Å². The molecule has 0 saturated heterocycles. The summed E-state index contributed by atoms with van der Waals surface area (Å²) in [4.78, 5) is 4.88. The molecule has 0 aliphatic carbocycles. The Bertz CT molecular complexity index is 3220. The molecule has 0 fully saturated rings. The van der Waals surface area contributed by atoms with Crippen molar-refractivity contribution in [2.24, 2.45) is 0 Å². The minimum Gasteiger partial charge on any atom is -0.456 e. The summed E-state index contributed by atoms with van der Waals surface area (Å²) in [5, 5.41) is 8.85. The first-order valence-electron chi connectivity index (χ1n) is 21.6. The highest BCUT2D eigenvalue weighted by Crippen LogP contribution is 2.46. The number of rotatable bonds is 6. The summed E-state index contributed by atoms with van der Waals surface area (Å²) in [6, 6.07) is 53.1. The van der Waals surface area contributed by atoms with Gasteiger partial charge in [0, 0.05) is 32.9 Å². The molecule has 2 aromatic heterocycles. The molecule has 62 heavy (non-hydrogen) atoms. The molecule has 0 bridgehead atoms. The molecule has 0 amide bonds. The smallest absolute Gasteiger partial charge is 0.136 e. The van der Waals surface area contributed by atoms with Crippen molar-refractivity contribution in [2.75, 3.05) is 9.80 Å². The van der Waals surface area contributed by atoms with Gasteiger partial charge in [0.2, 0.25) is 0 Å². The number of fused-ring (bicyclic) bond motifs is 8. The second kappa shape index (κ2) is 14.1. The summed E-state index contributed by atoms with van der Waals surface area (Å²) in [5.41, 5.74) is 20.5. The molecule has 4 heteroatoms. The van der Waals surface area contributed by atoms with Crippen LogP contribution in [0.3, 0.4) is 0 Å². The number of hydrogen-bond donors (Lipinski definition) is 0. The molecule has 0 radical (unpaired) electrons. The Balaban J connectivity index is 1.03. The van der Waals surface area contributed by atoms with E-state index < -0.39 is 0 Å². The average Bonchev–Trinajstić information content (AvgIpc) is 3.77. The summed E-state index contributed by atoms with van der Waals surface area (Å²) in [7, 11) is 0. The Kier molecular flexibility index (Phi) is 8.59. The summed E-state index contributed by atoms with van der Waals surface area (Å²) in [6.45, 7) is 17.6. The van der Waals surface area contributed by atoms with Crippen molar-refractivity contribution in [3.8, 4) is 0 Å². The third-order valence-corrected chi connectivity index (χ3v) is 13.1. The van der Waals surface area contributed by atoms with Crippen LogP contribution < -0.4 is 9.80 Å². The maximum atomic E-state index is 6.72. The van der Waals surface area contributed by atoms with Gasteiger partial charge in [0.15, 0.2) is 0 Å². The molecule has 9 aromatic carbocycles. The number of furan rings is 2. The van der Waals surface area contributed by atoms with Gasteiger partial charge in [0.1, 0.15) is 22.3 Å². The standard InChI is InChI=1S/C58H48N2O2/c1-33-13-9-14-34(2)55(33)59(56-35(3)15-10-16-36(56)4)45-23-21-41-27-47-49-31-54-50(32-53(49)61-51(47)29-43(41)25-45)48-28-42-22-24-46(26-44(42)30-52(48)62-54)60(57-37(5)17-11-18-38(57)6)58-39(7)19-12-20-40(58)8/h9-32H,1-8H3. The average molecular weight is 805 g/mol. The van der Waals surface area contributed by atoms with Gasteiger partial charge in [-0.05, 0) is 182 Å². The van der Waals surface area contributed by atoms with Gasteiger partial charge in [-0.25, -0.2) is 0 Å². The third-order valence-electron chi connectivity index (χ3n) is 13.1. The van der Waals surface area contributed by atoms with Crippen LogP contribution in [0.15, 0.2) is 154 Å². The molecule has 0 aliphatic rings. The van der Waals surface area contributed by atoms with E-state index in [-0.39, 0.29) is 0 Å². The zero-order valence-corrected chi connectivity index (χ0v) is 36.6. The van der Waals surface area contributed by atoms with E-state index in [1.54, 1.807) is 0 Å². The Morgan fingerprint density at radius 2 is 0.548 bits per heavy atom. The SMILES string of the molecule is Cc1cccc(C)c1N(c1ccc2cc3c(cc2c1)oc1cc2c(cc13)oc1cc3cc(N(c4c(C)cccc4C)c4c(C)cccc4C)ccc3cc12)c1c(C)cccc1C. The number of anilines is 6. The first-order valence-corrected chi connectivity index (χ1v) is 21.6. The number of para-hydroxylation sites is 4. The van der Waals surface area contributed by atoms with Crippen molar-refractivity contribution >= 4 is 99.5 Å². The second-order valence-electron chi connectivity index (χ2n) is 17.4. The Labute approximate surface area is 362 Å². The molecule has 0 unspecified atom stereocenters. The van der Waals surface area contributed by atoms with Crippen LogP contribution in [-0.4, -0.2) is 0 Å². The first kappa shape index (κ1) is 37.7. The molecule has 0 spiro atoms. The van der Waals surface area contributed by atoms with E-state index >= 15 is 0 Å². The van der Waals surface area contributed by atoms with E-state index in [4.69, 9.17) is 8.83 Å². The fourth-order valence-corrected chi connectivity index (χ4v) is 10.2. The predicted molar refractivity (Wildman–Crippen MR) is 263 cm³/mol. The zero-order valence-electron chi connectivity index (χ0n) is 36.6. The maximum Gasteiger partial charge on any atom is 0.136 e. The molecule has 4 nitrogen and oxygen atoms in total. The number of nitrogens with zero attached hydrogens (tertiary/aromatic N) is 2. The van der Waals surface area contributed by atoms with Crippen molar-refractivity contribution in [1.29, 1.82) is 0 Å². The quantitative estimate of drug-likeness (QED) is 0.168. The van der Waals surface area contributed by atoms with Crippen LogP contribution in [0, 0.1) is 55.4 Å².